The Balaban J connectivity index is 0. The summed E-state index contributed by atoms with van der Waals surface area (Å²) in [4.78, 5) is 11.3. The van der Waals surface area contributed by atoms with Gasteiger partial charge in [-0.3, -0.25) is 4.79 Å². The summed E-state index contributed by atoms with van der Waals surface area (Å²) in [6, 6.07) is 0. The van der Waals surface area contributed by atoms with Gasteiger partial charge >= 0.3 is 51.4 Å². The van der Waals surface area contributed by atoms with Gasteiger partial charge in [0.2, 0.25) is 5.91 Å². The fourth-order valence-electron chi connectivity index (χ4n) is 1.50. The average molecular weight is 389 g/mol. The Kier molecular flexibility index (Phi) is 25.7. The van der Waals surface area contributed by atoms with E-state index in [9.17, 15) is 4.79 Å². The standard InChI is InChI=1S/C16H33N2O6.K/c1-15(2)16(19)18-4-6-21-8-10-23-12-14-24-13-11-22-9-7-20-5-3-17;/h15,17H,3-14H2,1-2H3,(H,18,19);/q-1;+1. The molecule has 2 N–H and O–H groups in total. The average Bonchev–Trinajstić information content (AvgIpc) is 2.57. The van der Waals surface area contributed by atoms with Gasteiger partial charge in [-0.2, -0.15) is 0 Å². The molecular weight excluding hydrogens is 355 g/mol. The van der Waals surface area contributed by atoms with Gasteiger partial charge in [0.1, 0.15) is 0 Å². The fraction of sp³-hybridized carbons (Fsp3) is 0.938. The van der Waals surface area contributed by atoms with E-state index >= 15 is 0 Å². The first-order valence-electron chi connectivity index (χ1n) is 8.49. The van der Waals surface area contributed by atoms with Crippen LogP contribution in [0.3, 0.4) is 0 Å². The van der Waals surface area contributed by atoms with Crippen molar-refractivity contribution >= 4 is 5.91 Å². The van der Waals surface area contributed by atoms with E-state index < -0.39 is 0 Å². The van der Waals surface area contributed by atoms with Gasteiger partial charge in [-0.25, -0.2) is 0 Å². The first-order valence-corrected chi connectivity index (χ1v) is 8.49. The van der Waals surface area contributed by atoms with Crippen LogP contribution in [0.4, 0.5) is 0 Å². The van der Waals surface area contributed by atoms with Crippen LogP contribution in [0.25, 0.3) is 5.73 Å². The van der Waals surface area contributed by atoms with Gasteiger partial charge < -0.3 is 34.7 Å². The van der Waals surface area contributed by atoms with E-state index in [1.807, 2.05) is 13.8 Å². The van der Waals surface area contributed by atoms with Crippen molar-refractivity contribution in [3.8, 4) is 0 Å². The maximum Gasteiger partial charge on any atom is 1.00 e. The number of nitrogens with one attached hydrogen (secondary N) is 2. The van der Waals surface area contributed by atoms with Gasteiger partial charge in [-0.15, -0.1) is 6.54 Å². The molecule has 0 aliphatic rings. The van der Waals surface area contributed by atoms with E-state index in [0.717, 1.165) is 0 Å². The van der Waals surface area contributed by atoms with Crippen molar-refractivity contribution in [1.29, 1.82) is 0 Å². The van der Waals surface area contributed by atoms with Crippen LogP contribution in [0.5, 0.6) is 0 Å². The topological polar surface area (TPSA) is 99.1 Å². The van der Waals surface area contributed by atoms with Crippen molar-refractivity contribution in [3.05, 3.63) is 5.73 Å². The number of ether oxygens (including phenoxy) is 5. The zero-order chi connectivity index (χ0) is 17.9. The van der Waals surface area contributed by atoms with Crippen LogP contribution in [-0.4, -0.2) is 85.1 Å². The molecule has 0 heterocycles. The number of rotatable bonds is 18. The zero-order valence-corrected chi connectivity index (χ0v) is 19.1. The molecule has 144 valence electrons. The molecule has 0 aliphatic heterocycles. The molecule has 0 saturated heterocycles. The minimum Gasteiger partial charge on any atom is -0.676 e. The molecule has 25 heavy (non-hydrogen) atoms. The predicted octanol–water partition coefficient (Wildman–Crippen LogP) is -2.10. The van der Waals surface area contributed by atoms with Gasteiger partial charge in [0, 0.05) is 19.1 Å². The van der Waals surface area contributed by atoms with Crippen molar-refractivity contribution in [1.82, 2.24) is 5.32 Å². The predicted molar refractivity (Wildman–Crippen MR) is 91.1 cm³/mol. The molecule has 1 amide bonds. The molecular formula is C16H33KN2O6. The Morgan fingerprint density at radius 2 is 1.12 bits per heavy atom. The first-order chi connectivity index (χ1) is 11.7. The maximum atomic E-state index is 11.3. The van der Waals surface area contributed by atoms with E-state index in [-0.39, 0.29) is 69.8 Å². The maximum absolute atomic E-state index is 11.3. The van der Waals surface area contributed by atoms with E-state index in [2.05, 4.69) is 5.32 Å². The van der Waals surface area contributed by atoms with E-state index in [1.54, 1.807) is 0 Å². The van der Waals surface area contributed by atoms with Crippen molar-refractivity contribution < 1.29 is 79.9 Å². The number of carbonyl (C=O) groups excluding carboxylic acids is 1. The third-order valence-corrected chi connectivity index (χ3v) is 2.80. The molecule has 0 radical (unpaired) electrons. The van der Waals surface area contributed by atoms with Crippen molar-refractivity contribution in [3.63, 3.8) is 0 Å². The summed E-state index contributed by atoms with van der Waals surface area (Å²) < 4.78 is 26.4. The van der Waals surface area contributed by atoms with Crippen molar-refractivity contribution in [2.75, 3.05) is 79.2 Å². The Morgan fingerprint density at radius 1 is 0.760 bits per heavy atom. The monoisotopic (exact) mass is 388 g/mol. The van der Waals surface area contributed by atoms with Gasteiger partial charge in [0.15, 0.2) is 0 Å². The zero-order valence-electron chi connectivity index (χ0n) is 16.0. The number of amides is 1. The molecule has 8 nitrogen and oxygen atoms in total. The Bertz CT molecular complexity index is 285. The smallest absolute Gasteiger partial charge is 0.676 e. The Morgan fingerprint density at radius 3 is 1.48 bits per heavy atom. The molecule has 0 fully saturated rings. The fourth-order valence-corrected chi connectivity index (χ4v) is 1.50. The quantitative estimate of drug-likeness (QED) is 0.213. The van der Waals surface area contributed by atoms with E-state index in [0.29, 0.717) is 72.6 Å². The van der Waals surface area contributed by atoms with Crippen LogP contribution in [0.15, 0.2) is 0 Å². The SMILES string of the molecule is CC(C)C(=O)NCCOCCOCCOCCOCCOCC[NH-].[K+]. The second kappa shape index (κ2) is 22.9. The van der Waals surface area contributed by atoms with Gasteiger partial charge in [-0.05, 0) is 0 Å². The number of hydrogen-bond acceptors (Lipinski definition) is 6. The molecule has 0 spiro atoms. The second-order valence-electron chi connectivity index (χ2n) is 5.26. The van der Waals surface area contributed by atoms with Gasteiger partial charge in [-0.1, -0.05) is 13.8 Å². The summed E-state index contributed by atoms with van der Waals surface area (Å²) >= 11 is 0. The Labute approximate surface area is 194 Å². The van der Waals surface area contributed by atoms with Crippen LogP contribution in [-0.2, 0) is 28.5 Å². The molecule has 9 heteroatoms. The molecule has 0 unspecified atom stereocenters. The van der Waals surface area contributed by atoms with Crippen molar-refractivity contribution in [2.24, 2.45) is 5.92 Å². The normalized spacial score (nSPS) is 10.7. The van der Waals surface area contributed by atoms with Crippen molar-refractivity contribution in [2.45, 2.75) is 13.8 Å². The number of hydrogen-bond donors (Lipinski definition) is 1. The van der Waals surface area contributed by atoms with Crippen LogP contribution in [0, 0.1) is 5.92 Å². The molecule has 0 aromatic rings. The summed E-state index contributed by atoms with van der Waals surface area (Å²) in [6.07, 6.45) is 0. The van der Waals surface area contributed by atoms with Gasteiger partial charge in [0.25, 0.3) is 0 Å². The van der Waals surface area contributed by atoms with Crippen LogP contribution in [0.2, 0.25) is 0 Å². The minimum atomic E-state index is 0. The molecule has 0 bridgehead atoms. The minimum absolute atomic E-state index is 0. The number of carbonyl (C=O) groups is 1. The van der Waals surface area contributed by atoms with Crippen LogP contribution < -0.4 is 56.7 Å². The summed E-state index contributed by atoms with van der Waals surface area (Å²) in [6.45, 7) is 9.57. The summed E-state index contributed by atoms with van der Waals surface area (Å²) in [5.41, 5.74) is 6.89. The summed E-state index contributed by atoms with van der Waals surface area (Å²) in [7, 11) is 0. The molecule has 0 aliphatic carbocycles. The van der Waals surface area contributed by atoms with Crippen LogP contribution >= 0.6 is 0 Å². The molecule has 0 rings (SSSR count). The molecule has 0 aromatic carbocycles. The summed E-state index contributed by atoms with van der Waals surface area (Å²) in [5, 5.41) is 2.78. The molecule has 0 saturated carbocycles. The Hall–Kier alpha value is 0.866. The van der Waals surface area contributed by atoms with Gasteiger partial charge in [0.05, 0.1) is 59.5 Å². The van der Waals surface area contributed by atoms with E-state index in [4.69, 9.17) is 29.4 Å². The molecule has 0 atom stereocenters. The largest absolute Gasteiger partial charge is 1.00 e. The van der Waals surface area contributed by atoms with Crippen LogP contribution in [0.1, 0.15) is 13.8 Å². The van der Waals surface area contributed by atoms with E-state index in [1.165, 1.54) is 0 Å². The molecule has 0 aromatic heterocycles. The first kappa shape index (κ1) is 28.1. The third kappa shape index (κ3) is 22.8. The second-order valence-corrected chi connectivity index (χ2v) is 5.26. The summed E-state index contributed by atoms with van der Waals surface area (Å²) in [5.74, 6) is 0.0390. The third-order valence-electron chi connectivity index (χ3n) is 2.80.